The van der Waals surface area contributed by atoms with E-state index >= 15 is 0 Å². The highest BCUT2D eigenvalue weighted by atomic mass is 32.2. The number of benzene rings is 2. The largest absolute Gasteiger partial charge is 0.352 e. The quantitative estimate of drug-likeness (QED) is 0.526. The van der Waals surface area contributed by atoms with Crippen molar-refractivity contribution in [3.63, 3.8) is 0 Å². The number of nitrogens with one attached hydrogen (secondary N) is 1. The van der Waals surface area contributed by atoms with Gasteiger partial charge >= 0.3 is 0 Å². The van der Waals surface area contributed by atoms with E-state index in [1.165, 1.54) is 4.90 Å². The highest BCUT2D eigenvalue weighted by Gasteiger charge is 2.30. The van der Waals surface area contributed by atoms with E-state index in [1.54, 1.807) is 13.0 Å². The minimum Gasteiger partial charge on any atom is -0.352 e. The number of hydrogen-bond donors (Lipinski definition) is 1. The maximum atomic E-state index is 13.5. The molecule has 8 heteroatoms. The molecule has 2 atom stereocenters. The zero-order valence-corrected chi connectivity index (χ0v) is 21.9. The summed E-state index contributed by atoms with van der Waals surface area (Å²) in [7, 11) is -3.73. The minimum absolute atomic E-state index is 0.0243. The molecule has 7 nitrogen and oxygen atoms in total. The first kappa shape index (κ1) is 27.4. The van der Waals surface area contributed by atoms with Gasteiger partial charge in [-0.15, -0.1) is 0 Å². The van der Waals surface area contributed by atoms with Gasteiger partial charge in [-0.1, -0.05) is 55.0 Å². The van der Waals surface area contributed by atoms with Crippen LogP contribution in [0.15, 0.2) is 48.5 Å². The maximum Gasteiger partial charge on any atom is 0.244 e. The predicted molar refractivity (Wildman–Crippen MR) is 137 cm³/mol. The summed E-state index contributed by atoms with van der Waals surface area (Å²) in [5, 5.41) is 2.93. The van der Waals surface area contributed by atoms with Gasteiger partial charge in [-0.25, -0.2) is 8.42 Å². The summed E-state index contributed by atoms with van der Waals surface area (Å²) in [5.41, 5.74) is 3.25. The molecule has 0 saturated carbocycles. The van der Waals surface area contributed by atoms with Crippen LogP contribution < -0.4 is 9.62 Å². The van der Waals surface area contributed by atoms with Gasteiger partial charge in [0.15, 0.2) is 0 Å². The summed E-state index contributed by atoms with van der Waals surface area (Å²) < 4.78 is 26.5. The zero-order valence-electron chi connectivity index (χ0n) is 21.0. The summed E-state index contributed by atoms with van der Waals surface area (Å²) in [4.78, 5) is 27.9. The molecule has 0 radical (unpaired) electrons. The molecule has 34 heavy (non-hydrogen) atoms. The fourth-order valence-corrected chi connectivity index (χ4v) is 4.62. The van der Waals surface area contributed by atoms with Crippen LogP contribution in [0.3, 0.4) is 0 Å². The van der Waals surface area contributed by atoms with Crippen LogP contribution in [0.5, 0.6) is 0 Å². The Morgan fingerprint density at radius 2 is 1.68 bits per heavy atom. The van der Waals surface area contributed by atoms with Crippen LogP contribution in [-0.4, -0.2) is 56.6 Å². The van der Waals surface area contributed by atoms with Crippen LogP contribution in [-0.2, 0) is 26.0 Å². The Kier molecular flexibility index (Phi) is 9.67. The first-order valence-electron chi connectivity index (χ1n) is 11.6. The minimum atomic E-state index is -3.73. The van der Waals surface area contributed by atoms with Crippen LogP contribution in [0.4, 0.5) is 5.69 Å². The highest BCUT2D eigenvalue weighted by Crippen LogP contribution is 2.24. The lowest BCUT2D eigenvalue weighted by atomic mass is 10.1. The molecule has 2 aromatic rings. The van der Waals surface area contributed by atoms with E-state index in [9.17, 15) is 18.0 Å². The van der Waals surface area contributed by atoms with Crippen molar-refractivity contribution in [3.8, 4) is 0 Å². The molecule has 0 bridgehead atoms. The molecular formula is C26H37N3O4S. The molecule has 2 amide bonds. The second-order valence-electron chi connectivity index (χ2n) is 8.88. The van der Waals surface area contributed by atoms with Gasteiger partial charge in [0.25, 0.3) is 0 Å². The summed E-state index contributed by atoms with van der Waals surface area (Å²) in [6.45, 7) is 9.23. The number of nitrogens with zero attached hydrogens (tertiary/aromatic N) is 2. The summed E-state index contributed by atoms with van der Waals surface area (Å²) in [6, 6.07) is 14.3. The van der Waals surface area contributed by atoms with Crippen LogP contribution in [0.25, 0.3) is 0 Å². The lowest BCUT2D eigenvalue weighted by Gasteiger charge is -2.32. The molecule has 0 aliphatic rings. The van der Waals surface area contributed by atoms with Crippen molar-refractivity contribution in [2.45, 2.75) is 59.5 Å². The molecule has 186 valence electrons. The SMILES string of the molecule is CCC(C)NC(=O)C(C)N(CCc1ccccc1)C(=O)CN(c1ccc(C)cc1C)S(C)(=O)=O. The summed E-state index contributed by atoms with van der Waals surface area (Å²) in [5.74, 6) is -0.679. The van der Waals surface area contributed by atoms with Crippen molar-refractivity contribution < 1.29 is 18.0 Å². The van der Waals surface area contributed by atoms with Gasteiger partial charge in [-0.05, 0) is 57.7 Å². The second-order valence-corrected chi connectivity index (χ2v) is 10.8. The molecule has 2 rings (SSSR count). The number of anilines is 1. The summed E-state index contributed by atoms with van der Waals surface area (Å²) in [6.07, 6.45) is 2.41. The van der Waals surface area contributed by atoms with Gasteiger partial charge < -0.3 is 10.2 Å². The molecule has 0 aromatic heterocycles. The number of rotatable bonds is 11. The van der Waals surface area contributed by atoms with Gasteiger partial charge in [0.2, 0.25) is 21.8 Å². The predicted octanol–water partition coefficient (Wildman–Crippen LogP) is 3.44. The number of carbonyl (C=O) groups excluding carboxylic acids is 2. The normalized spacial score (nSPS) is 13.1. The Balaban J connectivity index is 2.34. The Morgan fingerprint density at radius 3 is 2.24 bits per heavy atom. The van der Waals surface area contributed by atoms with E-state index in [4.69, 9.17) is 0 Å². The lowest BCUT2D eigenvalue weighted by molar-refractivity contribution is -0.139. The first-order chi connectivity index (χ1) is 15.9. The number of sulfonamides is 1. The number of amides is 2. The molecule has 0 saturated heterocycles. The maximum absolute atomic E-state index is 13.5. The van der Waals surface area contributed by atoms with Crippen molar-refractivity contribution in [2.75, 3.05) is 23.7 Å². The molecule has 0 aliphatic heterocycles. The Morgan fingerprint density at radius 1 is 1.03 bits per heavy atom. The van der Waals surface area contributed by atoms with Gasteiger partial charge in [0.1, 0.15) is 12.6 Å². The first-order valence-corrected chi connectivity index (χ1v) is 13.5. The molecule has 2 aromatic carbocycles. The van der Waals surface area contributed by atoms with Crippen LogP contribution in [0.1, 0.15) is 43.9 Å². The third-order valence-electron chi connectivity index (χ3n) is 5.95. The zero-order chi connectivity index (χ0) is 25.5. The van der Waals surface area contributed by atoms with Gasteiger partial charge in [0.05, 0.1) is 11.9 Å². The average molecular weight is 488 g/mol. The van der Waals surface area contributed by atoms with E-state index in [1.807, 2.05) is 70.2 Å². The van der Waals surface area contributed by atoms with Crippen LogP contribution in [0, 0.1) is 13.8 Å². The third kappa shape index (κ3) is 7.58. The molecule has 0 aliphatic carbocycles. The smallest absolute Gasteiger partial charge is 0.244 e. The van der Waals surface area contributed by atoms with Crippen LogP contribution in [0.2, 0.25) is 0 Å². The monoisotopic (exact) mass is 487 g/mol. The molecule has 0 heterocycles. The highest BCUT2D eigenvalue weighted by molar-refractivity contribution is 7.92. The van der Waals surface area contributed by atoms with Crippen molar-refractivity contribution in [2.24, 2.45) is 0 Å². The van der Waals surface area contributed by atoms with E-state index < -0.39 is 22.0 Å². The van der Waals surface area contributed by atoms with Crippen molar-refractivity contribution in [1.82, 2.24) is 10.2 Å². The fourth-order valence-electron chi connectivity index (χ4n) is 3.72. The Hall–Kier alpha value is -2.87. The number of carbonyl (C=O) groups is 2. The van der Waals surface area contributed by atoms with E-state index in [0.29, 0.717) is 18.7 Å². The standard InChI is InChI=1S/C26H37N3O4S/c1-7-21(4)27-26(31)22(5)28(16-15-23-11-9-8-10-12-23)25(30)18-29(34(6,32)33)24-14-13-19(2)17-20(24)3/h8-14,17,21-22H,7,15-16,18H2,1-6H3,(H,27,31). The lowest BCUT2D eigenvalue weighted by Crippen LogP contribution is -2.53. The number of aryl methyl sites for hydroxylation is 2. The van der Waals surface area contributed by atoms with E-state index in [2.05, 4.69) is 5.32 Å². The second kappa shape index (κ2) is 12.0. The van der Waals surface area contributed by atoms with Gasteiger partial charge in [-0.3, -0.25) is 13.9 Å². The van der Waals surface area contributed by atoms with Gasteiger partial charge in [-0.2, -0.15) is 0 Å². The van der Waals surface area contributed by atoms with Crippen molar-refractivity contribution >= 4 is 27.5 Å². The average Bonchev–Trinajstić information content (AvgIpc) is 2.77. The third-order valence-corrected chi connectivity index (χ3v) is 7.08. The molecular weight excluding hydrogens is 450 g/mol. The van der Waals surface area contributed by atoms with E-state index in [-0.39, 0.29) is 18.5 Å². The Bertz CT molecular complexity index is 1090. The van der Waals surface area contributed by atoms with Crippen LogP contribution >= 0.6 is 0 Å². The van der Waals surface area contributed by atoms with Crippen molar-refractivity contribution in [3.05, 3.63) is 65.2 Å². The number of hydrogen-bond acceptors (Lipinski definition) is 4. The topological polar surface area (TPSA) is 86.8 Å². The van der Waals surface area contributed by atoms with Crippen molar-refractivity contribution in [1.29, 1.82) is 0 Å². The van der Waals surface area contributed by atoms with E-state index in [0.717, 1.165) is 33.7 Å². The fraction of sp³-hybridized carbons (Fsp3) is 0.462. The molecule has 0 fully saturated rings. The molecule has 2 unspecified atom stereocenters. The molecule has 0 spiro atoms. The van der Waals surface area contributed by atoms with Gasteiger partial charge in [0, 0.05) is 12.6 Å². The Labute approximate surface area is 204 Å². The molecule has 1 N–H and O–H groups in total. The summed E-state index contributed by atoms with van der Waals surface area (Å²) >= 11 is 0.